The second-order valence-corrected chi connectivity index (χ2v) is 8.87. The fraction of sp³-hybridized carbons (Fsp3) is 0.591. The number of nitrogens with zero attached hydrogens (tertiary/aromatic N) is 2. The lowest BCUT2D eigenvalue weighted by Gasteiger charge is -2.42. The van der Waals surface area contributed by atoms with Crippen molar-refractivity contribution in [2.75, 3.05) is 32.8 Å². The molecule has 0 unspecified atom stereocenters. The number of amides is 3. The second-order valence-electron chi connectivity index (χ2n) is 8.43. The van der Waals surface area contributed by atoms with E-state index in [2.05, 4.69) is 0 Å². The number of ether oxygens (including phenoxy) is 1. The van der Waals surface area contributed by atoms with Crippen molar-refractivity contribution >= 4 is 29.3 Å². The molecule has 1 atom stereocenters. The van der Waals surface area contributed by atoms with Crippen LogP contribution in [-0.4, -0.2) is 60.3 Å². The molecule has 30 heavy (non-hydrogen) atoms. The molecule has 1 aromatic rings. The van der Waals surface area contributed by atoms with Gasteiger partial charge in [0.2, 0.25) is 17.7 Å². The summed E-state index contributed by atoms with van der Waals surface area (Å²) in [6.45, 7) is 1.99. The number of rotatable bonds is 7. The summed E-state index contributed by atoms with van der Waals surface area (Å²) in [6.07, 6.45) is 4.97. The summed E-state index contributed by atoms with van der Waals surface area (Å²) in [7, 11) is 0. The predicted octanol–water partition coefficient (Wildman–Crippen LogP) is 2.61. The Morgan fingerprint density at radius 2 is 2.00 bits per heavy atom. The van der Waals surface area contributed by atoms with Crippen LogP contribution in [0.1, 0.15) is 44.9 Å². The molecule has 0 aliphatic carbocycles. The van der Waals surface area contributed by atoms with Crippen molar-refractivity contribution < 1.29 is 19.1 Å². The molecule has 1 aromatic carbocycles. The SMILES string of the molecule is NC(=O)C[C@]1(COc2cccc(Cl)c2)CCCN(C(=O)CN2CCCCCC2=O)C1. The Kier molecular flexibility index (Phi) is 7.58. The topological polar surface area (TPSA) is 92.9 Å². The van der Waals surface area contributed by atoms with E-state index in [0.717, 1.165) is 32.1 Å². The molecule has 0 spiro atoms. The van der Waals surface area contributed by atoms with Gasteiger partial charge in [-0.1, -0.05) is 24.1 Å². The van der Waals surface area contributed by atoms with E-state index in [-0.39, 0.29) is 31.4 Å². The van der Waals surface area contributed by atoms with Crippen LogP contribution in [-0.2, 0) is 14.4 Å². The molecule has 8 heteroatoms. The second kappa shape index (κ2) is 10.2. The summed E-state index contributed by atoms with van der Waals surface area (Å²) < 4.78 is 5.95. The zero-order valence-corrected chi connectivity index (χ0v) is 18.0. The molecule has 3 amide bonds. The van der Waals surface area contributed by atoms with Gasteiger partial charge >= 0.3 is 0 Å². The van der Waals surface area contributed by atoms with E-state index in [1.165, 1.54) is 0 Å². The third-order valence-electron chi connectivity index (χ3n) is 5.90. The van der Waals surface area contributed by atoms with Crippen LogP contribution in [0.15, 0.2) is 24.3 Å². The quantitative estimate of drug-likeness (QED) is 0.712. The molecule has 0 radical (unpaired) electrons. The Bertz CT molecular complexity index is 787. The molecule has 2 fully saturated rings. The van der Waals surface area contributed by atoms with Gasteiger partial charge in [0.1, 0.15) is 5.75 Å². The monoisotopic (exact) mass is 435 g/mol. The fourth-order valence-corrected chi connectivity index (χ4v) is 4.55. The van der Waals surface area contributed by atoms with Crippen molar-refractivity contribution in [2.45, 2.75) is 44.9 Å². The highest BCUT2D eigenvalue weighted by molar-refractivity contribution is 6.30. The van der Waals surface area contributed by atoms with Gasteiger partial charge in [0.15, 0.2) is 0 Å². The van der Waals surface area contributed by atoms with Crippen LogP contribution in [0.25, 0.3) is 0 Å². The molecule has 0 saturated carbocycles. The molecule has 0 aromatic heterocycles. The average Bonchev–Trinajstić information content (AvgIpc) is 2.90. The van der Waals surface area contributed by atoms with Crippen molar-refractivity contribution in [3.05, 3.63) is 29.3 Å². The zero-order chi connectivity index (χ0) is 21.6. The molecule has 0 bridgehead atoms. The Morgan fingerprint density at radius 3 is 2.77 bits per heavy atom. The third-order valence-corrected chi connectivity index (χ3v) is 6.14. The Hall–Kier alpha value is -2.28. The number of nitrogens with two attached hydrogens (primary N) is 1. The Morgan fingerprint density at radius 1 is 1.17 bits per heavy atom. The number of benzene rings is 1. The number of piperidine rings is 1. The molecule has 3 rings (SSSR count). The summed E-state index contributed by atoms with van der Waals surface area (Å²) in [5, 5.41) is 0.569. The molecule has 2 aliphatic rings. The minimum atomic E-state index is -0.551. The van der Waals surface area contributed by atoms with Gasteiger partial charge in [-0.3, -0.25) is 14.4 Å². The van der Waals surface area contributed by atoms with E-state index >= 15 is 0 Å². The van der Waals surface area contributed by atoms with Crippen molar-refractivity contribution in [1.82, 2.24) is 9.80 Å². The lowest BCUT2D eigenvalue weighted by atomic mass is 9.77. The van der Waals surface area contributed by atoms with Crippen LogP contribution in [0.4, 0.5) is 0 Å². The van der Waals surface area contributed by atoms with Gasteiger partial charge in [0, 0.05) is 42.9 Å². The van der Waals surface area contributed by atoms with Crippen LogP contribution < -0.4 is 10.5 Å². The molecule has 2 saturated heterocycles. The molecule has 164 valence electrons. The predicted molar refractivity (Wildman–Crippen MR) is 114 cm³/mol. The average molecular weight is 436 g/mol. The molecule has 2 heterocycles. The molecule has 7 nitrogen and oxygen atoms in total. The highest BCUT2D eigenvalue weighted by Crippen LogP contribution is 2.35. The molecule has 2 aliphatic heterocycles. The van der Waals surface area contributed by atoms with E-state index in [1.54, 1.807) is 34.1 Å². The number of hydrogen-bond acceptors (Lipinski definition) is 4. The van der Waals surface area contributed by atoms with Crippen LogP contribution in [0, 0.1) is 5.41 Å². The first-order valence-corrected chi connectivity index (χ1v) is 11.0. The highest BCUT2D eigenvalue weighted by atomic mass is 35.5. The number of hydrogen-bond donors (Lipinski definition) is 1. The summed E-state index contributed by atoms with van der Waals surface area (Å²) in [5.74, 6) is 0.166. The van der Waals surface area contributed by atoms with Gasteiger partial charge in [0.05, 0.1) is 13.2 Å². The fourth-order valence-electron chi connectivity index (χ4n) is 4.37. The smallest absolute Gasteiger partial charge is 0.242 e. The first-order chi connectivity index (χ1) is 14.4. The first kappa shape index (κ1) is 22.4. The third kappa shape index (κ3) is 6.11. The number of halogens is 1. The van der Waals surface area contributed by atoms with Crippen LogP contribution in [0.5, 0.6) is 5.75 Å². The standard InChI is InChI=1S/C22H30ClN3O4/c23-17-6-4-7-18(12-17)30-16-22(13-19(24)27)9-5-11-26(15-22)21(29)14-25-10-3-1-2-8-20(25)28/h4,6-7,12H,1-3,5,8-11,13-16H2,(H2,24,27)/t22-/m1/s1. The van der Waals surface area contributed by atoms with Crippen molar-refractivity contribution in [1.29, 1.82) is 0 Å². The Balaban J connectivity index is 1.67. The lowest BCUT2D eigenvalue weighted by molar-refractivity contribution is -0.143. The molecule has 2 N–H and O–H groups in total. The summed E-state index contributed by atoms with van der Waals surface area (Å²) in [6, 6.07) is 7.09. The minimum absolute atomic E-state index is 0.0468. The van der Waals surface area contributed by atoms with Crippen molar-refractivity contribution in [2.24, 2.45) is 11.1 Å². The van der Waals surface area contributed by atoms with Crippen LogP contribution in [0.2, 0.25) is 5.02 Å². The number of likely N-dealkylation sites (tertiary alicyclic amines) is 2. The van der Waals surface area contributed by atoms with Gasteiger partial charge < -0.3 is 20.3 Å². The highest BCUT2D eigenvalue weighted by Gasteiger charge is 2.40. The summed E-state index contributed by atoms with van der Waals surface area (Å²) in [5.41, 5.74) is 4.99. The number of primary amides is 1. The van der Waals surface area contributed by atoms with Gasteiger partial charge in [-0.25, -0.2) is 0 Å². The van der Waals surface area contributed by atoms with Gasteiger partial charge in [0.25, 0.3) is 0 Å². The van der Waals surface area contributed by atoms with Crippen molar-refractivity contribution in [3.63, 3.8) is 0 Å². The van der Waals surface area contributed by atoms with Crippen LogP contribution in [0.3, 0.4) is 0 Å². The largest absolute Gasteiger partial charge is 0.493 e. The lowest BCUT2D eigenvalue weighted by Crippen LogP contribution is -2.52. The Labute approximate surface area is 182 Å². The van der Waals surface area contributed by atoms with Gasteiger partial charge in [-0.15, -0.1) is 0 Å². The number of carbonyl (C=O) groups excluding carboxylic acids is 3. The molecular formula is C22H30ClN3O4. The number of carbonyl (C=O) groups is 3. The van der Waals surface area contributed by atoms with E-state index in [4.69, 9.17) is 22.1 Å². The first-order valence-electron chi connectivity index (χ1n) is 10.6. The zero-order valence-electron chi connectivity index (χ0n) is 17.3. The van der Waals surface area contributed by atoms with Crippen molar-refractivity contribution in [3.8, 4) is 5.75 Å². The minimum Gasteiger partial charge on any atom is -0.493 e. The normalized spacial score (nSPS) is 22.5. The molecular weight excluding hydrogens is 406 g/mol. The maximum atomic E-state index is 13.0. The maximum Gasteiger partial charge on any atom is 0.242 e. The van der Waals surface area contributed by atoms with Crippen LogP contribution >= 0.6 is 11.6 Å². The van der Waals surface area contributed by atoms with Gasteiger partial charge in [-0.2, -0.15) is 0 Å². The van der Waals surface area contributed by atoms with E-state index in [9.17, 15) is 14.4 Å². The summed E-state index contributed by atoms with van der Waals surface area (Å²) >= 11 is 6.03. The maximum absolute atomic E-state index is 13.0. The van der Waals surface area contributed by atoms with E-state index in [0.29, 0.717) is 36.8 Å². The van der Waals surface area contributed by atoms with E-state index in [1.807, 2.05) is 0 Å². The van der Waals surface area contributed by atoms with E-state index < -0.39 is 11.3 Å². The summed E-state index contributed by atoms with van der Waals surface area (Å²) in [4.78, 5) is 40.5. The van der Waals surface area contributed by atoms with Gasteiger partial charge in [-0.05, 0) is 43.9 Å².